The molecule has 9 heteroatoms. The van der Waals surface area contributed by atoms with E-state index in [0.717, 1.165) is 22.7 Å². The highest BCUT2D eigenvalue weighted by molar-refractivity contribution is 6.91. The van der Waals surface area contributed by atoms with Crippen LogP contribution in [0.2, 0.25) is 18.6 Å². The number of hydrogen-bond acceptors (Lipinski definition) is 6. The number of methoxy groups -OCH3 is 1. The maximum Gasteiger partial charge on any atom is 0.269 e. The lowest BCUT2D eigenvalue weighted by Crippen LogP contribution is -2.51. The Morgan fingerprint density at radius 2 is 1.61 bits per heavy atom. The van der Waals surface area contributed by atoms with Gasteiger partial charge in [0.2, 0.25) is 0 Å². The lowest BCUT2D eigenvalue weighted by atomic mass is 9.82. The van der Waals surface area contributed by atoms with Crippen LogP contribution in [-0.4, -0.2) is 51.4 Å². The summed E-state index contributed by atoms with van der Waals surface area (Å²) in [4.78, 5) is 31.8. The first-order valence-corrected chi connectivity index (χ1v) is 18.8. The standard InChI is InChI=1S/C37H38N2O6Si/c1-24-35(46(3,4)28-17-15-27(43-2)16-18-28)33(20-21-40)45-37(24)29-22-26(38-31-12-8-9-13-32(31)44-23-34(38)41)14-19-30(29)39(36(37)42)25-10-6-5-7-11-25/h5-19,22,24,33,35,40H,20-21,23H2,1-4H3/t24-,33+,35-,37+/m0/s1. The Balaban J connectivity index is 1.40. The van der Waals surface area contributed by atoms with E-state index < -0.39 is 13.7 Å². The fraction of sp³-hybridized carbons (Fsp3) is 0.297. The van der Waals surface area contributed by atoms with Crippen molar-refractivity contribution in [1.29, 1.82) is 0 Å². The number of carbonyl (C=O) groups is 2. The Labute approximate surface area is 270 Å². The van der Waals surface area contributed by atoms with Gasteiger partial charge in [-0.3, -0.25) is 19.4 Å². The fourth-order valence-electron chi connectivity index (χ4n) is 7.98. The molecule has 0 unspecified atom stereocenters. The van der Waals surface area contributed by atoms with E-state index in [9.17, 15) is 9.90 Å². The molecule has 1 N–H and O–H groups in total. The van der Waals surface area contributed by atoms with E-state index in [4.69, 9.17) is 14.2 Å². The zero-order valence-electron chi connectivity index (χ0n) is 26.5. The number of aliphatic hydroxyl groups excluding tert-OH is 1. The minimum atomic E-state index is -2.34. The Hall–Kier alpha value is -4.44. The largest absolute Gasteiger partial charge is 0.497 e. The van der Waals surface area contributed by atoms with Gasteiger partial charge >= 0.3 is 0 Å². The molecule has 4 aromatic rings. The number of carbonyl (C=O) groups excluding carboxylic acids is 2. The smallest absolute Gasteiger partial charge is 0.269 e. The lowest BCUT2D eigenvalue weighted by molar-refractivity contribution is -0.145. The van der Waals surface area contributed by atoms with Gasteiger partial charge in [0.15, 0.2) is 12.2 Å². The number of hydrogen-bond donors (Lipinski definition) is 1. The predicted molar refractivity (Wildman–Crippen MR) is 180 cm³/mol. The van der Waals surface area contributed by atoms with Crippen molar-refractivity contribution in [3.8, 4) is 11.5 Å². The molecule has 2 amide bonds. The summed E-state index contributed by atoms with van der Waals surface area (Å²) in [5.41, 5.74) is 2.18. The van der Waals surface area contributed by atoms with Crippen molar-refractivity contribution >= 4 is 47.8 Å². The van der Waals surface area contributed by atoms with Crippen LogP contribution < -0.4 is 24.5 Å². The number of ether oxygens (including phenoxy) is 3. The van der Waals surface area contributed by atoms with E-state index in [-0.39, 0.29) is 42.6 Å². The Morgan fingerprint density at radius 3 is 2.33 bits per heavy atom. The van der Waals surface area contributed by atoms with Crippen LogP contribution in [-0.2, 0) is 19.9 Å². The number of para-hydroxylation sites is 3. The number of rotatable bonds is 7. The lowest BCUT2D eigenvalue weighted by Gasteiger charge is -2.37. The molecule has 8 nitrogen and oxygen atoms in total. The van der Waals surface area contributed by atoms with Crippen molar-refractivity contribution in [3.63, 3.8) is 0 Å². The Kier molecular flexibility index (Phi) is 7.50. The number of anilines is 4. The van der Waals surface area contributed by atoms with E-state index in [1.165, 1.54) is 5.19 Å². The number of aliphatic hydroxyl groups is 1. The zero-order valence-corrected chi connectivity index (χ0v) is 27.5. The highest BCUT2D eigenvalue weighted by atomic mass is 28.3. The van der Waals surface area contributed by atoms with Gasteiger partial charge in [-0.15, -0.1) is 0 Å². The maximum atomic E-state index is 15.0. The quantitative estimate of drug-likeness (QED) is 0.250. The molecule has 0 radical (unpaired) electrons. The molecule has 236 valence electrons. The van der Waals surface area contributed by atoms with E-state index in [0.29, 0.717) is 23.5 Å². The van der Waals surface area contributed by atoms with Gasteiger partial charge in [0.25, 0.3) is 11.8 Å². The average Bonchev–Trinajstić information content (AvgIpc) is 3.51. The molecular weight excluding hydrogens is 597 g/mol. The van der Waals surface area contributed by atoms with Crippen LogP contribution in [0, 0.1) is 5.92 Å². The summed E-state index contributed by atoms with van der Waals surface area (Å²) < 4.78 is 18.2. The van der Waals surface area contributed by atoms with Crippen molar-refractivity contribution in [2.45, 2.75) is 43.7 Å². The molecule has 3 aliphatic rings. The monoisotopic (exact) mass is 634 g/mol. The minimum Gasteiger partial charge on any atom is -0.497 e. The molecule has 0 aliphatic carbocycles. The van der Waals surface area contributed by atoms with Crippen molar-refractivity contribution in [3.05, 3.63) is 103 Å². The minimum absolute atomic E-state index is 0.00466. The number of amides is 2. The van der Waals surface area contributed by atoms with Gasteiger partial charge in [-0.2, -0.15) is 0 Å². The van der Waals surface area contributed by atoms with Gasteiger partial charge < -0.3 is 19.3 Å². The third-order valence-electron chi connectivity index (χ3n) is 10.1. The molecule has 0 aromatic heterocycles. The van der Waals surface area contributed by atoms with Crippen LogP contribution in [0.4, 0.5) is 22.7 Å². The zero-order chi connectivity index (χ0) is 32.2. The van der Waals surface area contributed by atoms with E-state index in [1.54, 1.807) is 16.9 Å². The number of fused-ring (bicyclic) bond motifs is 3. The van der Waals surface area contributed by atoms with Gasteiger partial charge in [0.1, 0.15) is 11.5 Å². The summed E-state index contributed by atoms with van der Waals surface area (Å²) in [6.45, 7) is 6.62. The first-order chi connectivity index (χ1) is 22.2. The third kappa shape index (κ3) is 4.48. The summed E-state index contributed by atoms with van der Waals surface area (Å²) in [6, 6.07) is 31.1. The molecule has 0 bridgehead atoms. The van der Waals surface area contributed by atoms with Crippen LogP contribution in [0.15, 0.2) is 97.1 Å². The highest BCUT2D eigenvalue weighted by Crippen LogP contribution is 2.61. The SMILES string of the molecule is COc1ccc([Si](C)(C)[C@@H]2[C@@H](CCO)O[C@]3(C(=O)N(c4ccccc4)c4ccc(N5C(=O)COc6ccccc65)cc43)[C@H]2C)cc1. The highest BCUT2D eigenvalue weighted by Gasteiger charge is 2.66. The molecule has 1 saturated heterocycles. The second-order valence-corrected chi connectivity index (χ2v) is 17.5. The summed E-state index contributed by atoms with van der Waals surface area (Å²) in [5, 5.41) is 11.5. The maximum absolute atomic E-state index is 15.0. The molecule has 4 atom stereocenters. The van der Waals surface area contributed by atoms with Gasteiger partial charge in [-0.05, 0) is 66.6 Å². The first kappa shape index (κ1) is 30.2. The van der Waals surface area contributed by atoms with Crippen LogP contribution >= 0.6 is 0 Å². The molecule has 3 aliphatic heterocycles. The number of nitrogens with zero attached hydrogens (tertiary/aromatic N) is 2. The van der Waals surface area contributed by atoms with E-state index >= 15 is 4.79 Å². The van der Waals surface area contributed by atoms with Crippen LogP contribution in [0.1, 0.15) is 18.9 Å². The van der Waals surface area contributed by atoms with Gasteiger partial charge in [-0.25, -0.2) is 0 Å². The van der Waals surface area contributed by atoms with Crippen LogP contribution in [0.25, 0.3) is 0 Å². The Morgan fingerprint density at radius 1 is 0.891 bits per heavy atom. The average molecular weight is 635 g/mol. The number of benzene rings is 4. The second kappa shape index (κ2) is 11.4. The van der Waals surface area contributed by atoms with Crippen molar-refractivity contribution < 1.29 is 28.9 Å². The molecule has 46 heavy (non-hydrogen) atoms. The molecule has 1 fully saturated rings. The van der Waals surface area contributed by atoms with Crippen molar-refractivity contribution in [2.24, 2.45) is 5.92 Å². The van der Waals surface area contributed by atoms with Gasteiger partial charge in [-0.1, -0.05) is 67.7 Å². The molecular formula is C37H38N2O6Si. The molecule has 3 heterocycles. The van der Waals surface area contributed by atoms with Crippen molar-refractivity contribution in [1.82, 2.24) is 0 Å². The molecule has 1 spiro atoms. The predicted octanol–water partition coefficient (Wildman–Crippen LogP) is 6.03. The van der Waals surface area contributed by atoms with Gasteiger partial charge in [0, 0.05) is 29.5 Å². The normalized spacial score (nSPS) is 23.8. The van der Waals surface area contributed by atoms with E-state index in [1.807, 2.05) is 84.9 Å². The molecule has 7 rings (SSSR count). The summed E-state index contributed by atoms with van der Waals surface area (Å²) in [5.74, 6) is 0.826. The van der Waals surface area contributed by atoms with Crippen LogP contribution in [0.5, 0.6) is 11.5 Å². The van der Waals surface area contributed by atoms with Gasteiger partial charge in [0.05, 0.1) is 32.7 Å². The molecule has 0 saturated carbocycles. The van der Waals surface area contributed by atoms with Crippen LogP contribution in [0.3, 0.4) is 0 Å². The first-order valence-electron chi connectivity index (χ1n) is 15.7. The Bertz CT molecular complexity index is 1800. The third-order valence-corrected chi connectivity index (χ3v) is 14.5. The summed E-state index contributed by atoms with van der Waals surface area (Å²) in [7, 11) is -0.682. The second-order valence-electron chi connectivity index (χ2n) is 12.8. The topological polar surface area (TPSA) is 88.5 Å². The van der Waals surface area contributed by atoms with E-state index in [2.05, 4.69) is 32.2 Å². The molecule has 4 aromatic carbocycles. The summed E-state index contributed by atoms with van der Waals surface area (Å²) in [6.07, 6.45) is 0.0532. The van der Waals surface area contributed by atoms with Crippen molar-refractivity contribution in [2.75, 3.05) is 30.1 Å². The summed E-state index contributed by atoms with van der Waals surface area (Å²) >= 11 is 0. The fourth-order valence-corrected chi connectivity index (χ4v) is 12.0.